The van der Waals surface area contributed by atoms with Crippen LogP contribution in [0.1, 0.15) is 5.56 Å². The van der Waals surface area contributed by atoms with Crippen molar-refractivity contribution in [3.63, 3.8) is 0 Å². The first-order chi connectivity index (χ1) is 11.6. The summed E-state index contributed by atoms with van der Waals surface area (Å²) in [7, 11) is 1.53. The summed E-state index contributed by atoms with van der Waals surface area (Å²) in [6, 6.07) is 13.9. The maximum atomic E-state index is 12.4. The summed E-state index contributed by atoms with van der Waals surface area (Å²) in [5.41, 5.74) is 0.117. The highest BCUT2D eigenvalue weighted by molar-refractivity contribution is 5.82. The Bertz CT molecular complexity index is 1020. The standard InChI is InChI=1S/C18H16N2O4/c1-24-16-9-5-2-6-12(16)10-13(21)11-20-17(22)14-7-3-4-8-15(14)19-18(20)23/h2-9H,10-11H2,1H3,(H,19,23). The van der Waals surface area contributed by atoms with Gasteiger partial charge in [-0.15, -0.1) is 0 Å². The lowest BCUT2D eigenvalue weighted by Crippen LogP contribution is -2.37. The summed E-state index contributed by atoms with van der Waals surface area (Å²) in [5.74, 6) is 0.355. The fraction of sp³-hybridized carbons (Fsp3) is 0.167. The molecule has 0 aliphatic rings. The topological polar surface area (TPSA) is 81.2 Å². The van der Waals surface area contributed by atoms with Crippen LogP contribution in [-0.4, -0.2) is 22.4 Å². The number of benzene rings is 2. The number of nitrogens with zero attached hydrogens (tertiary/aromatic N) is 1. The van der Waals surface area contributed by atoms with E-state index < -0.39 is 11.2 Å². The van der Waals surface area contributed by atoms with Gasteiger partial charge in [0.1, 0.15) is 5.75 Å². The number of ketones is 1. The molecule has 24 heavy (non-hydrogen) atoms. The number of hydrogen-bond acceptors (Lipinski definition) is 4. The molecule has 0 saturated heterocycles. The molecule has 6 heteroatoms. The van der Waals surface area contributed by atoms with E-state index in [4.69, 9.17) is 4.74 Å². The van der Waals surface area contributed by atoms with E-state index >= 15 is 0 Å². The number of carbonyl (C=O) groups is 1. The van der Waals surface area contributed by atoms with E-state index in [1.807, 2.05) is 6.07 Å². The van der Waals surface area contributed by atoms with Crippen molar-refractivity contribution in [1.82, 2.24) is 9.55 Å². The molecular weight excluding hydrogens is 308 g/mol. The van der Waals surface area contributed by atoms with E-state index in [1.54, 1.807) is 42.5 Å². The first-order valence-electron chi connectivity index (χ1n) is 7.45. The average molecular weight is 324 g/mol. The SMILES string of the molecule is COc1ccccc1CC(=O)Cn1c(=O)[nH]c2ccccc2c1=O. The van der Waals surface area contributed by atoms with Crippen molar-refractivity contribution in [1.29, 1.82) is 0 Å². The number of hydrogen-bond donors (Lipinski definition) is 1. The predicted molar refractivity (Wildman–Crippen MR) is 90.5 cm³/mol. The summed E-state index contributed by atoms with van der Waals surface area (Å²) in [6.07, 6.45) is 0.0860. The molecule has 0 unspecified atom stereocenters. The van der Waals surface area contributed by atoms with Crippen LogP contribution >= 0.6 is 0 Å². The lowest BCUT2D eigenvalue weighted by molar-refractivity contribution is -0.119. The second kappa shape index (κ2) is 6.54. The van der Waals surface area contributed by atoms with Gasteiger partial charge in [-0.05, 0) is 18.2 Å². The minimum absolute atomic E-state index is 0.0860. The van der Waals surface area contributed by atoms with Crippen LogP contribution in [0.3, 0.4) is 0 Å². The van der Waals surface area contributed by atoms with Gasteiger partial charge in [-0.25, -0.2) is 4.79 Å². The zero-order chi connectivity index (χ0) is 17.1. The lowest BCUT2D eigenvalue weighted by Gasteiger charge is -2.09. The Kier molecular flexibility index (Phi) is 4.29. The number of H-pyrrole nitrogens is 1. The Hall–Kier alpha value is -3.15. The van der Waals surface area contributed by atoms with E-state index in [1.165, 1.54) is 7.11 Å². The Morgan fingerprint density at radius 3 is 2.58 bits per heavy atom. The number of carbonyl (C=O) groups excluding carboxylic acids is 1. The van der Waals surface area contributed by atoms with Gasteiger partial charge in [0.25, 0.3) is 5.56 Å². The molecular formula is C18H16N2O4. The first-order valence-corrected chi connectivity index (χ1v) is 7.45. The number of fused-ring (bicyclic) bond motifs is 1. The number of nitrogens with one attached hydrogen (secondary N) is 1. The molecule has 3 rings (SSSR count). The molecule has 1 aromatic heterocycles. The third kappa shape index (κ3) is 2.99. The fourth-order valence-electron chi connectivity index (χ4n) is 2.64. The van der Waals surface area contributed by atoms with Crippen LogP contribution in [0.15, 0.2) is 58.1 Å². The average Bonchev–Trinajstić information content (AvgIpc) is 2.59. The number of Topliss-reactive ketones (excluding diaryl/α,β-unsaturated/α-hetero) is 1. The van der Waals surface area contributed by atoms with Crippen LogP contribution in [0.5, 0.6) is 5.75 Å². The Morgan fingerprint density at radius 2 is 1.79 bits per heavy atom. The van der Waals surface area contributed by atoms with Crippen LogP contribution in [0.4, 0.5) is 0 Å². The first kappa shape index (κ1) is 15.7. The van der Waals surface area contributed by atoms with Gasteiger partial charge in [-0.3, -0.25) is 14.2 Å². The Morgan fingerprint density at radius 1 is 1.08 bits per heavy atom. The third-order valence-electron chi connectivity index (χ3n) is 3.80. The molecule has 0 saturated carbocycles. The molecule has 3 aromatic rings. The predicted octanol–water partition coefficient (Wildman–Crippen LogP) is 1.51. The van der Waals surface area contributed by atoms with Crippen molar-refractivity contribution in [2.24, 2.45) is 0 Å². The van der Waals surface area contributed by atoms with E-state index in [-0.39, 0.29) is 18.7 Å². The highest BCUT2D eigenvalue weighted by Gasteiger charge is 2.13. The molecule has 0 fully saturated rings. The van der Waals surface area contributed by atoms with Crippen molar-refractivity contribution in [3.05, 3.63) is 74.9 Å². The van der Waals surface area contributed by atoms with Gasteiger partial charge in [-0.1, -0.05) is 30.3 Å². The summed E-state index contributed by atoms with van der Waals surface area (Å²) >= 11 is 0. The smallest absolute Gasteiger partial charge is 0.329 e. The molecule has 0 amide bonds. The molecule has 122 valence electrons. The summed E-state index contributed by atoms with van der Waals surface area (Å²) in [5, 5.41) is 0.377. The van der Waals surface area contributed by atoms with E-state index in [9.17, 15) is 14.4 Å². The molecule has 0 aliphatic heterocycles. The number of aromatic amines is 1. The molecule has 1 N–H and O–H groups in total. The second-order valence-electron chi connectivity index (χ2n) is 5.39. The zero-order valence-corrected chi connectivity index (χ0v) is 13.1. The van der Waals surface area contributed by atoms with Crippen LogP contribution in [0.2, 0.25) is 0 Å². The lowest BCUT2D eigenvalue weighted by atomic mass is 10.1. The molecule has 0 atom stereocenters. The van der Waals surface area contributed by atoms with Gasteiger partial charge in [0.2, 0.25) is 0 Å². The Labute approximate surface area is 137 Å². The van der Waals surface area contributed by atoms with E-state index in [0.717, 1.165) is 10.1 Å². The van der Waals surface area contributed by atoms with E-state index in [2.05, 4.69) is 4.98 Å². The normalized spacial score (nSPS) is 10.7. The largest absolute Gasteiger partial charge is 0.496 e. The fourth-order valence-corrected chi connectivity index (χ4v) is 2.64. The molecule has 0 radical (unpaired) electrons. The Balaban J connectivity index is 1.91. The summed E-state index contributed by atoms with van der Waals surface area (Å²) in [4.78, 5) is 39.5. The van der Waals surface area contributed by atoms with Crippen molar-refractivity contribution in [3.8, 4) is 5.75 Å². The van der Waals surface area contributed by atoms with Gasteiger partial charge in [-0.2, -0.15) is 0 Å². The number of methoxy groups -OCH3 is 1. The maximum Gasteiger partial charge on any atom is 0.329 e. The summed E-state index contributed by atoms with van der Waals surface area (Å²) in [6.45, 7) is -0.281. The highest BCUT2D eigenvalue weighted by atomic mass is 16.5. The number of rotatable bonds is 5. The van der Waals surface area contributed by atoms with Gasteiger partial charge < -0.3 is 9.72 Å². The van der Waals surface area contributed by atoms with Gasteiger partial charge >= 0.3 is 5.69 Å². The molecule has 0 aliphatic carbocycles. The van der Waals surface area contributed by atoms with Gasteiger partial charge in [0, 0.05) is 12.0 Å². The number of para-hydroxylation sites is 2. The van der Waals surface area contributed by atoms with E-state index in [0.29, 0.717) is 16.7 Å². The van der Waals surface area contributed by atoms with Crippen molar-refractivity contribution < 1.29 is 9.53 Å². The quantitative estimate of drug-likeness (QED) is 0.771. The molecule has 6 nitrogen and oxygen atoms in total. The van der Waals surface area contributed by atoms with Crippen molar-refractivity contribution in [2.75, 3.05) is 7.11 Å². The zero-order valence-electron chi connectivity index (χ0n) is 13.1. The minimum Gasteiger partial charge on any atom is -0.496 e. The molecule has 0 spiro atoms. The molecule has 0 bridgehead atoms. The van der Waals surface area contributed by atoms with Crippen LogP contribution < -0.4 is 16.0 Å². The summed E-state index contributed by atoms with van der Waals surface area (Å²) < 4.78 is 6.14. The van der Waals surface area contributed by atoms with Crippen LogP contribution in [0.25, 0.3) is 10.9 Å². The minimum atomic E-state index is -0.591. The number of ether oxygens (including phenoxy) is 1. The monoisotopic (exact) mass is 324 g/mol. The van der Waals surface area contributed by atoms with Crippen LogP contribution in [0, 0.1) is 0 Å². The number of aromatic nitrogens is 2. The van der Waals surface area contributed by atoms with Gasteiger partial charge in [0.05, 0.1) is 24.6 Å². The molecule has 1 heterocycles. The van der Waals surface area contributed by atoms with Crippen molar-refractivity contribution >= 4 is 16.7 Å². The van der Waals surface area contributed by atoms with Crippen molar-refractivity contribution in [2.45, 2.75) is 13.0 Å². The third-order valence-corrected chi connectivity index (χ3v) is 3.80. The van der Waals surface area contributed by atoms with Gasteiger partial charge in [0.15, 0.2) is 5.78 Å². The second-order valence-corrected chi connectivity index (χ2v) is 5.39. The molecule has 2 aromatic carbocycles. The highest BCUT2D eigenvalue weighted by Crippen LogP contribution is 2.18. The van der Waals surface area contributed by atoms with Crippen LogP contribution in [-0.2, 0) is 17.8 Å². The maximum absolute atomic E-state index is 12.4.